The summed E-state index contributed by atoms with van der Waals surface area (Å²) in [4.78, 5) is 25.1. The Kier molecular flexibility index (Phi) is 8.34. The van der Waals surface area contributed by atoms with Gasteiger partial charge in [-0.15, -0.1) is 0 Å². The van der Waals surface area contributed by atoms with Gasteiger partial charge in [0, 0.05) is 31.4 Å². The van der Waals surface area contributed by atoms with E-state index in [-0.39, 0.29) is 23.9 Å². The molecule has 0 bridgehead atoms. The molecule has 1 heterocycles. The zero-order chi connectivity index (χ0) is 28.1. The van der Waals surface area contributed by atoms with E-state index in [4.69, 9.17) is 19.4 Å². The number of anilines is 2. The molecule has 3 aromatic carbocycles. The molecule has 0 spiro atoms. The van der Waals surface area contributed by atoms with E-state index in [1.54, 1.807) is 14.2 Å². The number of rotatable bonds is 9. The van der Waals surface area contributed by atoms with Gasteiger partial charge in [-0.2, -0.15) is 4.98 Å². The molecule has 1 amide bonds. The van der Waals surface area contributed by atoms with Crippen molar-refractivity contribution in [2.24, 2.45) is 5.92 Å². The van der Waals surface area contributed by atoms with Gasteiger partial charge in [0.25, 0.3) is 0 Å². The molecule has 1 aliphatic carbocycles. The monoisotopic (exact) mass is 539 g/mol. The van der Waals surface area contributed by atoms with Crippen LogP contribution in [0.1, 0.15) is 42.9 Å². The molecular weight excluding hydrogens is 502 g/mol. The number of ether oxygens (including phenoxy) is 2. The topological polar surface area (TPSA) is 88.6 Å². The number of nitrogens with zero attached hydrogens (tertiary/aromatic N) is 3. The predicted octanol–water partition coefficient (Wildman–Crippen LogP) is 5.59. The quantitative estimate of drug-likeness (QED) is 0.287. The molecule has 0 radical (unpaired) electrons. The van der Waals surface area contributed by atoms with E-state index >= 15 is 0 Å². The maximum Gasteiger partial charge on any atom is 0.225 e. The molecule has 208 valence electrons. The van der Waals surface area contributed by atoms with Gasteiger partial charge in [0.15, 0.2) is 0 Å². The minimum atomic E-state index is -0.268. The van der Waals surface area contributed by atoms with Crippen LogP contribution < -0.4 is 25.0 Å². The first-order chi connectivity index (χ1) is 19.4. The van der Waals surface area contributed by atoms with Crippen molar-refractivity contribution >= 4 is 28.6 Å². The summed E-state index contributed by atoms with van der Waals surface area (Å²) in [6, 6.07) is 23.7. The Labute approximate surface area is 235 Å². The highest BCUT2D eigenvalue weighted by Gasteiger charge is 2.29. The minimum Gasteiger partial charge on any atom is -0.497 e. The molecule has 0 unspecified atom stereocenters. The van der Waals surface area contributed by atoms with Gasteiger partial charge in [-0.05, 0) is 73.2 Å². The van der Waals surface area contributed by atoms with E-state index in [0.29, 0.717) is 5.95 Å². The molecule has 5 rings (SSSR count). The molecule has 4 aromatic rings. The van der Waals surface area contributed by atoms with Crippen molar-refractivity contribution in [2.45, 2.75) is 37.8 Å². The van der Waals surface area contributed by atoms with Crippen LogP contribution in [0.4, 0.5) is 11.8 Å². The number of benzene rings is 3. The van der Waals surface area contributed by atoms with Gasteiger partial charge in [0.1, 0.15) is 17.3 Å². The third-order valence-corrected chi connectivity index (χ3v) is 7.62. The molecule has 40 heavy (non-hydrogen) atoms. The van der Waals surface area contributed by atoms with Gasteiger partial charge in [-0.1, -0.05) is 36.4 Å². The minimum absolute atomic E-state index is 0.0492. The van der Waals surface area contributed by atoms with Crippen molar-refractivity contribution in [3.8, 4) is 11.5 Å². The van der Waals surface area contributed by atoms with E-state index in [2.05, 4.69) is 10.6 Å². The standard InChI is InChI=1S/C32H37N5O3/c1-37(2)30-27-7-5-6-8-28(27)34-32(36-30)33-24-15-9-23(10-16-24)31(38)35-29(21-11-17-25(39-3)18-12-21)22-13-19-26(40-4)20-14-22/h5-8,11-14,17-20,23-24,29H,9-10,15-16H2,1-4H3,(H,35,38)(H,33,34,36)/t23-,24+. The predicted molar refractivity (Wildman–Crippen MR) is 159 cm³/mol. The Morgan fingerprint density at radius 2 is 1.40 bits per heavy atom. The Bertz CT molecular complexity index is 1380. The van der Waals surface area contributed by atoms with Crippen LogP contribution in [0.5, 0.6) is 11.5 Å². The smallest absolute Gasteiger partial charge is 0.225 e. The van der Waals surface area contributed by atoms with Crippen molar-refractivity contribution in [3.63, 3.8) is 0 Å². The second kappa shape index (κ2) is 12.2. The molecule has 1 aliphatic rings. The number of methoxy groups -OCH3 is 2. The maximum atomic E-state index is 13.5. The number of nitrogens with one attached hydrogen (secondary N) is 2. The number of hydrogen-bond donors (Lipinski definition) is 2. The second-order valence-corrected chi connectivity index (χ2v) is 10.5. The van der Waals surface area contributed by atoms with Crippen molar-refractivity contribution < 1.29 is 14.3 Å². The summed E-state index contributed by atoms with van der Waals surface area (Å²) >= 11 is 0. The number of hydrogen-bond acceptors (Lipinski definition) is 7. The van der Waals surface area contributed by atoms with Gasteiger partial charge in [-0.3, -0.25) is 4.79 Å². The lowest BCUT2D eigenvalue weighted by Gasteiger charge is -2.30. The lowest BCUT2D eigenvalue weighted by Crippen LogP contribution is -2.38. The van der Waals surface area contributed by atoms with E-state index in [1.165, 1.54) is 0 Å². The lowest BCUT2D eigenvalue weighted by molar-refractivity contribution is -0.126. The molecule has 1 saturated carbocycles. The largest absolute Gasteiger partial charge is 0.497 e. The molecule has 8 nitrogen and oxygen atoms in total. The first-order valence-electron chi connectivity index (χ1n) is 13.7. The van der Waals surface area contributed by atoms with Crippen LogP contribution in [0.25, 0.3) is 10.9 Å². The average Bonchev–Trinajstić information content (AvgIpc) is 3.00. The van der Waals surface area contributed by atoms with Crippen molar-refractivity contribution in [2.75, 3.05) is 38.5 Å². The van der Waals surface area contributed by atoms with E-state index in [1.807, 2.05) is 91.8 Å². The highest BCUT2D eigenvalue weighted by Crippen LogP contribution is 2.31. The summed E-state index contributed by atoms with van der Waals surface area (Å²) in [6.07, 6.45) is 3.35. The van der Waals surface area contributed by atoms with E-state index in [0.717, 1.165) is 65.0 Å². The summed E-state index contributed by atoms with van der Waals surface area (Å²) in [5.41, 5.74) is 2.92. The van der Waals surface area contributed by atoms with Crippen LogP contribution in [-0.4, -0.2) is 50.2 Å². The third-order valence-electron chi connectivity index (χ3n) is 7.62. The lowest BCUT2D eigenvalue weighted by atomic mass is 9.85. The number of amides is 1. The SMILES string of the molecule is COc1ccc(C(NC(=O)[C@H]2CC[C@@H](Nc3nc(N(C)C)c4ccccc4n3)CC2)c2ccc(OC)cc2)cc1. The average molecular weight is 540 g/mol. The highest BCUT2D eigenvalue weighted by molar-refractivity contribution is 5.90. The third kappa shape index (κ3) is 6.11. The van der Waals surface area contributed by atoms with Gasteiger partial charge < -0.3 is 25.0 Å². The van der Waals surface area contributed by atoms with Gasteiger partial charge in [0.05, 0.1) is 25.8 Å². The molecule has 0 aliphatic heterocycles. The van der Waals surface area contributed by atoms with Gasteiger partial charge >= 0.3 is 0 Å². The molecule has 2 N–H and O–H groups in total. The van der Waals surface area contributed by atoms with Crippen LogP contribution >= 0.6 is 0 Å². The molecule has 8 heteroatoms. The second-order valence-electron chi connectivity index (χ2n) is 10.5. The maximum absolute atomic E-state index is 13.5. The fourth-order valence-corrected chi connectivity index (χ4v) is 5.36. The normalized spacial score (nSPS) is 16.9. The van der Waals surface area contributed by atoms with Crippen LogP contribution in [0.15, 0.2) is 72.8 Å². The van der Waals surface area contributed by atoms with E-state index in [9.17, 15) is 4.79 Å². The van der Waals surface area contributed by atoms with Crippen LogP contribution in [0.3, 0.4) is 0 Å². The van der Waals surface area contributed by atoms with E-state index < -0.39 is 0 Å². The first-order valence-corrected chi connectivity index (χ1v) is 13.7. The molecular formula is C32H37N5O3. The first kappa shape index (κ1) is 27.2. The summed E-state index contributed by atoms with van der Waals surface area (Å²) in [5.74, 6) is 3.11. The molecule has 0 atom stereocenters. The van der Waals surface area contributed by atoms with Crippen molar-refractivity contribution in [1.82, 2.24) is 15.3 Å². The van der Waals surface area contributed by atoms with Crippen LogP contribution in [0, 0.1) is 5.92 Å². The fourth-order valence-electron chi connectivity index (χ4n) is 5.36. The number of carbonyl (C=O) groups is 1. The highest BCUT2D eigenvalue weighted by atomic mass is 16.5. The van der Waals surface area contributed by atoms with Gasteiger partial charge in [0.2, 0.25) is 11.9 Å². The fraction of sp³-hybridized carbons (Fsp3) is 0.344. The summed E-state index contributed by atoms with van der Waals surface area (Å²) in [6.45, 7) is 0. The molecule has 1 fully saturated rings. The summed E-state index contributed by atoms with van der Waals surface area (Å²) in [7, 11) is 7.29. The Morgan fingerprint density at radius 3 is 1.95 bits per heavy atom. The number of carbonyl (C=O) groups excluding carboxylic acids is 1. The zero-order valence-corrected chi connectivity index (χ0v) is 23.6. The Hall–Kier alpha value is -4.33. The Morgan fingerprint density at radius 1 is 0.825 bits per heavy atom. The zero-order valence-electron chi connectivity index (χ0n) is 23.6. The van der Waals surface area contributed by atoms with Crippen LogP contribution in [0.2, 0.25) is 0 Å². The molecule has 0 saturated heterocycles. The summed E-state index contributed by atoms with van der Waals surface area (Å²) in [5, 5.41) is 7.89. The Balaban J connectivity index is 1.26. The van der Waals surface area contributed by atoms with Crippen LogP contribution in [-0.2, 0) is 4.79 Å². The summed E-state index contributed by atoms with van der Waals surface area (Å²) < 4.78 is 10.7. The number of aromatic nitrogens is 2. The van der Waals surface area contributed by atoms with Crippen molar-refractivity contribution in [3.05, 3.63) is 83.9 Å². The van der Waals surface area contributed by atoms with Crippen molar-refractivity contribution in [1.29, 1.82) is 0 Å². The van der Waals surface area contributed by atoms with Gasteiger partial charge in [-0.25, -0.2) is 4.98 Å². The molecule has 1 aromatic heterocycles. The number of para-hydroxylation sites is 1. The number of fused-ring (bicyclic) bond motifs is 1.